The fraction of sp³-hybridized carbons (Fsp3) is 0.286. The van der Waals surface area contributed by atoms with Crippen LogP contribution in [0.15, 0.2) is 72.8 Å². The van der Waals surface area contributed by atoms with Crippen molar-refractivity contribution in [3.63, 3.8) is 0 Å². The molecule has 2 amide bonds. The highest BCUT2D eigenvalue weighted by Crippen LogP contribution is 2.41. The minimum atomic E-state index is -0.377. The zero-order valence-corrected chi connectivity index (χ0v) is 19.8. The number of urea groups is 1. The largest absolute Gasteiger partial charge is 0.462 e. The fourth-order valence-electron chi connectivity index (χ4n) is 4.84. The van der Waals surface area contributed by atoms with Gasteiger partial charge in [-0.05, 0) is 53.9 Å². The molecule has 180 valence electrons. The lowest BCUT2D eigenvalue weighted by molar-refractivity contribution is 0.0240. The van der Waals surface area contributed by atoms with Gasteiger partial charge in [0.25, 0.3) is 0 Å². The van der Waals surface area contributed by atoms with Gasteiger partial charge in [0.15, 0.2) is 0 Å². The number of morpholine rings is 1. The molecule has 7 heteroatoms. The van der Waals surface area contributed by atoms with E-state index in [9.17, 15) is 9.59 Å². The highest BCUT2D eigenvalue weighted by Gasteiger charge is 2.33. The minimum Gasteiger partial charge on any atom is -0.462 e. The number of anilines is 2. The number of esters is 1. The van der Waals surface area contributed by atoms with E-state index in [1.54, 1.807) is 36.1 Å². The summed E-state index contributed by atoms with van der Waals surface area (Å²) in [6, 6.07) is 23.1. The Hall–Kier alpha value is -3.68. The van der Waals surface area contributed by atoms with Crippen molar-refractivity contribution in [2.45, 2.75) is 19.5 Å². The number of nitrogens with zero attached hydrogens (tertiary/aromatic N) is 2. The summed E-state index contributed by atoms with van der Waals surface area (Å²) in [6.07, 6.45) is 0. The predicted octanol–water partition coefficient (Wildman–Crippen LogP) is 4.84. The third kappa shape index (κ3) is 4.78. The third-order valence-electron chi connectivity index (χ3n) is 6.50. The van der Waals surface area contributed by atoms with Crippen LogP contribution in [-0.4, -0.2) is 49.8 Å². The first-order chi connectivity index (χ1) is 17.2. The van der Waals surface area contributed by atoms with E-state index in [0.717, 1.165) is 29.9 Å². The molecule has 7 nitrogen and oxygen atoms in total. The van der Waals surface area contributed by atoms with E-state index in [-0.39, 0.29) is 18.0 Å². The first-order valence-electron chi connectivity index (χ1n) is 12.0. The Kier molecular flexibility index (Phi) is 6.79. The number of carbonyl (C=O) groups is 2. The Labute approximate surface area is 205 Å². The molecule has 1 fully saturated rings. The zero-order chi connectivity index (χ0) is 24.2. The number of hydrogen-bond acceptors (Lipinski definition) is 5. The SMILES string of the molecule is CCOC(=O)c1ccc(NC(=O)N2Cc3ccccc3[C@@H](N3CCOCC3)c3ccccc32)cc1. The number of amides is 2. The van der Waals surface area contributed by atoms with Gasteiger partial charge in [0.05, 0.1) is 43.7 Å². The molecule has 1 atom stereocenters. The van der Waals surface area contributed by atoms with Crippen LogP contribution in [0.25, 0.3) is 0 Å². The van der Waals surface area contributed by atoms with Crippen molar-refractivity contribution < 1.29 is 19.1 Å². The molecule has 5 rings (SSSR count). The van der Waals surface area contributed by atoms with Gasteiger partial charge in [-0.15, -0.1) is 0 Å². The van der Waals surface area contributed by atoms with Crippen LogP contribution in [0.5, 0.6) is 0 Å². The van der Waals surface area contributed by atoms with E-state index in [1.165, 1.54) is 5.56 Å². The Bertz CT molecular complexity index is 1200. The van der Waals surface area contributed by atoms with Gasteiger partial charge in [-0.1, -0.05) is 42.5 Å². The second-order valence-electron chi connectivity index (χ2n) is 8.62. The van der Waals surface area contributed by atoms with E-state index in [0.29, 0.717) is 37.6 Å². The second-order valence-corrected chi connectivity index (χ2v) is 8.62. The molecule has 3 aromatic carbocycles. The number of fused-ring (bicyclic) bond motifs is 2. The number of rotatable bonds is 4. The Morgan fingerprint density at radius 3 is 2.37 bits per heavy atom. The highest BCUT2D eigenvalue weighted by molar-refractivity contribution is 6.02. The van der Waals surface area contributed by atoms with E-state index in [4.69, 9.17) is 9.47 Å². The number of para-hydroxylation sites is 1. The van der Waals surface area contributed by atoms with Crippen LogP contribution in [0, 0.1) is 0 Å². The molecule has 0 aliphatic carbocycles. The van der Waals surface area contributed by atoms with Crippen LogP contribution in [-0.2, 0) is 16.0 Å². The normalized spacial score (nSPS) is 17.6. The molecule has 0 unspecified atom stereocenters. The average Bonchev–Trinajstić information content (AvgIpc) is 3.04. The first-order valence-corrected chi connectivity index (χ1v) is 12.0. The fourth-order valence-corrected chi connectivity index (χ4v) is 4.84. The molecule has 0 bridgehead atoms. The molecule has 0 radical (unpaired) electrons. The highest BCUT2D eigenvalue weighted by atomic mass is 16.5. The van der Waals surface area contributed by atoms with Crippen LogP contribution in [0.4, 0.5) is 16.2 Å². The quantitative estimate of drug-likeness (QED) is 0.552. The summed E-state index contributed by atoms with van der Waals surface area (Å²) in [5, 5.41) is 3.00. The van der Waals surface area contributed by atoms with Crippen molar-refractivity contribution in [1.29, 1.82) is 0 Å². The van der Waals surface area contributed by atoms with Gasteiger partial charge in [0.1, 0.15) is 0 Å². The number of benzene rings is 3. The molecule has 1 N–H and O–H groups in total. The lowest BCUT2D eigenvalue weighted by Gasteiger charge is -2.36. The van der Waals surface area contributed by atoms with Crippen LogP contribution in [0.3, 0.4) is 0 Å². The lowest BCUT2D eigenvalue weighted by atomic mass is 9.93. The Morgan fingerprint density at radius 2 is 1.63 bits per heavy atom. The van der Waals surface area contributed by atoms with Crippen molar-refractivity contribution in [3.05, 3.63) is 95.1 Å². The summed E-state index contributed by atoms with van der Waals surface area (Å²) in [4.78, 5) is 29.8. The summed E-state index contributed by atoms with van der Waals surface area (Å²) in [5.41, 5.74) is 5.40. The van der Waals surface area contributed by atoms with Gasteiger partial charge < -0.3 is 14.8 Å². The molecule has 35 heavy (non-hydrogen) atoms. The molecule has 3 aromatic rings. The molecule has 2 heterocycles. The van der Waals surface area contributed by atoms with E-state index in [1.807, 2.05) is 24.3 Å². The zero-order valence-electron chi connectivity index (χ0n) is 19.8. The standard InChI is InChI=1S/C28H29N3O4/c1-2-35-27(32)20-11-13-22(14-12-20)29-28(33)31-19-21-7-3-4-8-23(21)26(30-15-17-34-18-16-30)24-9-5-6-10-25(24)31/h3-14,26H,2,15-19H2,1H3,(H,29,33)/t26-/m1/s1. The minimum absolute atomic E-state index is 0.0490. The topological polar surface area (TPSA) is 71.1 Å². The number of hydrogen-bond donors (Lipinski definition) is 1. The van der Waals surface area contributed by atoms with E-state index < -0.39 is 0 Å². The van der Waals surface area contributed by atoms with Gasteiger partial charge in [-0.3, -0.25) is 9.80 Å². The first kappa shape index (κ1) is 23.1. The number of carbonyl (C=O) groups excluding carboxylic acids is 2. The molecule has 0 saturated carbocycles. The maximum Gasteiger partial charge on any atom is 0.338 e. The molecule has 0 aromatic heterocycles. The second kappa shape index (κ2) is 10.3. The average molecular weight is 472 g/mol. The molecular weight excluding hydrogens is 442 g/mol. The van der Waals surface area contributed by atoms with Gasteiger partial charge in [0, 0.05) is 18.8 Å². The van der Waals surface area contributed by atoms with Crippen LogP contribution in [0.2, 0.25) is 0 Å². The predicted molar refractivity (Wildman–Crippen MR) is 135 cm³/mol. The van der Waals surface area contributed by atoms with Crippen molar-refractivity contribution in [3.8, 4) is 0 Å². The smallest absolute Gasteiger partial charge is 0.338 e. The molecule has 0 spiro atoms. The third-order valence-corrected chi connectivity index (χ3v) is 6.50. The van der Waals surface area contributed by atoms with Crippen molar-refractivity contribution in [2.24, 2.45) is 0 Å². The maximum atomic E-state index is 13.6. The van der Waals surface area contributed by atoms with Crippen LogP contribution in [0.1, 0.15) is 40.0 Å². The summed E-state index contributed by atoms with van der Waals surface area (Å²) in [6.45, 7) is 5.63. The van der Waals surface area contributed by atoms with Gasteiger partial charge >= 0.3 is 12.0 Å². The van der Waals surface area contributed by atoms with Gasteiger partial charge in [-0.2, -0.15) is 0 Å². The summed E-state index contributed by atoms with van der Waals surface area (Å²) >= 11 is 0. The van der Waals surface area contributed by atoms with Crippen molar-refractivity contribution in [1.82, 2.24) is 4.90 Å². The lowest BCUT2D eigenvalue weighted by Crippen LogP contribution is -2.39. The maximum absolute atomic E-state index is 13.6. The summed E-state index contributed by atoms with van der Waals surface area (Å²) in [7, 11) is 0. The summed E-state index contributed by atoms with van der Waals surface area (Å²) in [5.74, 6) is -0.377. The number of nitrogens with one attached hydrogen (secondary N) is 1. The monoisotopic (exact) mass is 471 g/mol. The molecule has 2 aliphatic rings. The van der Waals surface area contributed by atoms with Gasteiger partial charge in [-0.25, -0.2) is 9.59 Å². The molecular formula is C28H29N3O4. The summed E-state index contributed by atoms with van der Waals surface area (Å²) < 4.78 is 10.7. The van der Waals surface area contributed by atoms with Crippen LogP contribution < -0.4 is 10.2 Å². The molecule has 1 saturated heterocycles. The Balaban J connectivity index is 1.47. The van der Waals surface area contributed by atoms with Crippen LogP contribution >= 0.6 is 0 Å². The Morgan fingerprint density at radius 1 is 0.943 bits per heavy atom. The van der Waals surface area contributed by atoms with Crippen molar-refractivity contribution in [2.75, 3.05) is 43.1 Å². The molecule has 2 aliphatic heterocycles. The number of ether oxygens (including phenoxy) is 2. The van der Waals surface area contributed by atoms with Crippen molar-refractivity contribution >= 4 is 23.4 Å². The van der Waals surface area contributed by atoms with E-state index >= 15 is 0 Å². The van der Waals surface area contributed by atoms with E-state index in [2.05, 4.69) is 34.5 Å². The van der Waals surface area contributed by atoms with Gasteiger partial charge in [0.2, 0.25) is 0 Å².